The molecule has 0 unspecified atom stereocenters. The molecule has 8 rings (SSSR count). The van der Waals surface area contributed by atoms with Gasteiger partial charge in [-0.2, -0.15) is 0 Å². The number of hydrogen-bond donors (Lipinski definition) is 0. The number of thiophene rings is 1. The number of fused-ring (bicyclic) bond motifs is 2. The summed E-state index contributed by atoms with van der Waals surface area (Å²) >= 11 is 1.66. The molecule has 8 aromatic rings. The Morgan fingerprint density at radius 2 is 1.55 bits per heavy atom. The fourth-order valence-corrected chi connectivity index (χ4v) is 6.33. The van der Waals surface area contributed by atoms with Gasteiger partial charge < -0.3 is 9.55 Å². The third-order valence-corrected chi connectivity index (χ3v) is 8.85. The molecule has 0 bridgehead atoms. The van der Waals surface area contributed by atoms with Crippen molar-refractivity contribution in [2.45, 2.75) is 26.6 Å². The van der Waals surface area contributed by atoms with Gasteiger partial charge in [-0.3, -0.25) is 16.3 Å². The minimum absolute atomic E-state index is 0. The van der Waals surface area contributed by atoms with Crippen molar-refractivity contribution in [3.63, 3.8) is 0 Å². The summed E-state index contributed by atoms with van der Waals surface area (Å²) in [5.41, 5.74) is 9.88. The number of para-hydroxylation sites is 2. The Morgan fingerprint density at radius 3 is 2.28 bits per heavy atom. The molecule has 3 aromatic heterocycles. The first-order valence-corrected chi connectivity index (χ1v) is 16.1. The van der Waals surface area contributed by atoms with E-state index in [0.717, 1.165) is 39.4 Å². The van der Waals surface area contributed by atoms with Crippen LogP contribution in [0.4, 0.5) is 0 Å². The summed E-state index contributed by atoms with van der Waals surface area (Å²) in [6.07, 6.45) is 1.39. The number of hydrogen-bond acceptors (Lipinski definition) is 3. The molecule has 0 aliphatic carbocycles. The second-order valence-corrected chi connectivity index (χ2v) is 12.2. The largest absolute Gasteiger partial charge is 0.333 e. The van der Waals surface area contributed by atoms with Crippen LogP contribution in [-0.2, 0) is 20.1 Å². The third kappa shape index (κ3) is 6.89. The van der Waals surface area contributed by atoms with Gasteiger partial charge in [0.05, 0.1) is 16.9 Å². The van der Waals surface area contributed by atoms with Gasteiger partial charge in [-0.1, -0.05) is 114 Å². The molecule has 0 fully saturated rings. The molecule has 1 radical (unpaired) electrons. The third-order valence-electron chi connectivity index (χ3n) is 7.97. The summed E-state index contributed by atoms with van der Waals surface area (Å²) in [6, 6.07) is 48.1. The molecule has 5 heteroatoms. The van der Waals surface area contributed by atoms with Crippen LogP contribution in [0.25, 0.3) is 60.6 Å². The summed E-state index contributed by atoms with van der Waals surface area (Å²) in [6.45, 7) is 2.38. The van der Waals surface area contributed by atoms with Crippen molar-refractivity contribution in [2.24, 2.45) is 0 Å². The van der Waals surface area contributed by atoms with Crippen molar-refractivity contribution in [3.05, 3.63) is 162 Å². The summed E-state index contributed by atoms with van der Waals surface area (Å²) in [5.74, 6) is 1.42. The Morgan fingerprint density at radius 1 is 0.787 bits per heavy atom. The van der Waals surface area contributed by atoms with Crippen molar-refractivity contribution in [2.75, 3.05) is 0 Å². The summed E-state index contributed by atoms with van der Waals surface area (Å²) < 4.78 is 25.2. The minimum atomic E-state index is -2.09. The van der Waals surface area contributed by atoms with Crippen LogP contribution in [0.1, 0.15) is 35.0 Å². The summed E-state index contributed by atoms with van der Waals surface area (Å²) in [5, 5.41) is 4.79. The number of nitrogens with zero attached hydrogens (tertiary/aromatic N) is 3. The van der Waals surface area contributed by atoms with E-state index in [1.165, 1.54) is 33.0 Å². The molecule has 0 aliphatic heterocycles. The summed E-state index contributed by atoms with van der Waals surface area (Å²) in [4.78, 5) is 9.20. The topological polar surface area (TPSA) is 30.7 Å². The van der Waals surface area contributed by atoms with E-state index >= 15 is 0 Å². The smallest absolute Gasteiger partial charge is 0.0774 e. The van der Waals surface area contributed by atoms with Crippen LogP contribution in [-0.4, -0.2) is 14.5 Å². The zero-order valence-electron chi connectivity index (χ0n) is 28.9. The van der Waals surface area contributed by atoms with Gasteiger partial charge in [0.2, 0.25) is 0 Å². The molecule has 0 aliphatic rings. The molecule has 0 N–H and O–H groups in total. The molecule has 3 heterocycles. The van der Waals surface area contributed by atoms with E-state index in [1.807, 2.05) is 30.3 Å². The maximum absolute atomic E-state index is 7.23. The maximum atomic E-state index is 7.23. The Labute approximate surface area is 298 Å². The number of pyridine rings is 1. The van der Waals surface area contributed by atoms with Gasteiger partial charge in [0.15, 0.2) is 0 Å². The van der Waals surface area contributed by atoms with Gasteiger partial charge >= 0.3 is 0 Å². The average molecular weight is 807 g/mol. The van der Waals surface area contributed by atoms with Crippen molar-refractivity contribution in [1.29, 1.82) is 0 Å². The van der Waals surface area contributed by atoms with Gasteiger partial charge in [-0.25, -0.2) is 0 Å². The molecule has 3 nitrogen and oxygen atoms in total. The van der Waals surface area contributed by atoms with E-state index in [1.54, 1.807) is 29.5 Å². The SMILES string of the molecule is CC(C)c1ccc2s[c-]c(-c3nc4ccccc4n3-c3ccc(-c4ccccc4)cc3)c2c1.[2H]C([2H])([2H])c1ccc(-c2[c-]cccc2)nc1.[Ir]. The molecule has 47 heavy (non-hydrogen) atoms. The predicted molar refractivity (Wildman–Crippen MR) is 193 cm³/mol. The normalized spacial score (nSPS) is 12.1. The fourth-order valence-electron chi connectivity index (χ4n) is 5.51. The number of benzene rings is 5. The molecular formula is C42H33IrN3S-2. The van der Waals surface area contributed by atoms with Crippen LogP contribution in [0.2, 0.25) is 0 Å². The quantitative estimate of drug-likeness (QED) is 0.162. The first-order valence-electron chi connectivity index (χ1n) is 16.8. The molecule has 0 atom stereocenters. The molecule has 5 aromatic carbocycles. The zero-order valence-corrected chi connectivity index (χ0v) is 29.2. The fraction of sp³-hybridized carbons (Fsp3) is 0.0952. The van der Waals surface area contributed by atoms with Crippen molar-refractivity contribution in [1.82, 2.24) is 14.5 Å². The van der Waals surface area contributed by atoms with E-state index in [4.69, 9.17) is 9.10 Å². The Hall–Kier alpha value is -4.67. The first kappa shape index (κ1) is 28.5. The number of aromatic nitrogens is 3. The number of imidazole rings is 1. The minimum Gasteiger partial charge on any atom is -0.333 e. The molecule has 0 saturated carbocycles. The van der Waals surface area contributed by atoms with Crippen LogP contribution in [0.5, 0.6) is 0 Å². The van der Waals surface area contributed by atoms with E-state index in [9.17, 15) is 0 Å². The van der Waals surface area contributed by atoms with Crippen molar-refractivity contribution >= 4 is 32.5 Å². The van der Waals surface area contributed by atoms with Gasteiger partial charge in [-0.15, -0.1) is 47.3 Å². The van der Waals surface area contributed by atoms with E-state index in [-0.39, 0.29) is 25.7 Å². The Balaban J connectivity index is 0.000000215. The van der Waals surface area contributed by atoms with Gasteiger partial charge in [0, 0.05) is 36.1 Å². The van der Waals surface area contributed by atoms with Crippen LogP contribution in [0.15, 0.2) is 140 Å². The maximum Gasteiger partial charge on any atom is 0.0774 e. The van der Waals surface area contributed by atoms with Crippen LogP contribution in [0, 0.1) is 18.3 Å². The van der Waals surface area contributed by atoms with E-state index < -0.39 is 6.85 Å². The van der Waals surface area contributed by atoms with Crippen molar-refractivity contribution < 1.29 is 24.2 Å². The van der Waals surface area contributed by atoms with Crippen LogP contribution in [0.3, 0.4) is 0 Å². The molecular weight excluding hydrogens is 771 g/mol. The average Bonchev–Trinajstić information content (AvgIpc) is 3.74. The van der Waals surface area contributed by atoms with Gasteiger partial charge in [-0.05, 0) is 59.4 Å². The second kappa shape index (κ2) is 14.4. The Bertz CT molecular complexity index is 2330. The van der Waals surface area contributed by atoms with E-state index in [0.29, 0.717) is 5.92 Å². The van der Waals surface area contributed by atoms with Gasteiger partial charge in [0.1, 0.15) is 0 Å². The summed E-state index contributed by atoms with van der Waals surface area (Å²) in [7, 11) is 0. The zero-order chi connectivity index (χ0) is 34.0. The van der Waals surface area contributed by atoms with Crippen molar-refractivity contribution in [3.8, 4) is 39.5 Å². The molecule has 233 valence electrons. The monoisotopic (exact) mass is 807 g/mol. The second-order valence-electron chi connectivity index (χ2n) is 11.4. The number of rotatable bonds is 5. The van der Waals surface area contributed by atoms with E-state index in [2.05, 4.69) is 120 Å². The predicted octanol–water partition coefficient (Wildman–Crippen LogP) is 11.4. The number of aryl methyl sites for hydroxylation is 1. The van der Waals surface area contributed by atoms with Crippen LogP contribution >= 0.6 is 11.3 Å². The van der Waals surface area contributed by atoms with Gasteiger partial charge in [0.25, 0.3) is 0 Å². The Kier molecular flexibility index (Phi) is 8.74. The molecule has 0 spiro atoms. The molecule has 0 saturated heterocycles. The van der Waals surface area contributed by atoms with Crippen LogP contribution < -0.4 is 0 Å². The standard InChI is InChI=1S/C30H23N2S.C12H10N.Ir/c1-20(2)23-14-17-29-25(18-23)26(19-33-29)30-31-27-10-6-7-11-28(27)32(30)24-15-12-22(13-16-24)21-8-4-3-5-9-21;1-10-7-8-12(13-9-10)11-5-3-2-4-6-11;/h3-18,20H,1-2H3;2-5,7-9H,1H3;/q2*-1;/i;1D3;. The molecule has 0 amide bonds. The first-order chi connectivity index (χ1) is 23.8.